The summed E-state index contributed by atoms with van der Waals surface area (Å²) in [6.07, 6.45) is 2.83. The molecule has 2 saturated heterocycles. The molecular formula is C17H34N4O2. The first-order chi connectivity index (χ1) is 11.2. The van der Waals surface area contributed by atoms with Gasteiger partial charge in [-0.2, -0.15) is 0 Å². The molecule has 134 valence electrons. The van der Waals surface area contributed by atoms with Crippen LogP contribution >= 0.6 is 0 Å². The van der Waals surface area contributed by atoms with E-state index < -0.39 is 0 Å². The monoisotopic (exact) mass is 326 g/mol. The van der Waals surface area contributed by atoms with Crippen molar-refractivity contribution in [3.05, 3.63) is 0 Å². The average Bonchev–Trinajstić information content (AvgIpc) is 3.03. The molecule has 0 aromatic rings. The van der Waals surface area contributed by atoms with Crippen molar-refractivity contribution in [2.45, 2.75) is 45.8 Å². The number of guanidine groups is 1. The summed E-state index contributed by atoms with van der Waals surface area (Å²) in [5.74, 6) is 1.57. The number of morpholine rings is 1. The summed E-state index contributed by atoms with van der Waals surface area (Å²) in [5, 5.41) is 6.69. The van der Waals surface area contributed by atoms with Crippen LogP contribution in [-0.4, -0.2) is 75.5 Å². The molecule has 6 heteroatoms. The van der Waals surface area contributed by atoms with E-state index in [0.717, 1.165) is 58.3 Å². The van der Waals surface area contributed by atoms with Crippen LogP contribution in [0, 0.1) is 5.92 Å². The number of hydrogen-bond acceptors (Lipinski definition) is 4. The zero-order chi connectivity index (χ0) is 16.5. The summed E-state index contributed by atoms with van der Waals surface area (Å²) in [6.45, 7) is 13.9. The van der Waals surface area contributed by atoms with Crippen LogP contribution in [0.1, 0.15) is 33.6 Å². The molecule has 0 saturated carbocycles. The van der Waals surface area contributed by atoms with Crippen molar-refractivity contribution in [1.82, 2.24) is 15.5 Å². The lowest BCUT2D eigenvalue weighted by Crippen LogP contribution is -2.46. The molecule has 2 unspecified atom stereocenters. The van der Waals surface area contributed by atoms with Gasteiger partial charge in [-0.1, -0.05) is 13.8 Å². The van der Waals surface area contributed by atoms with Gasteiger partial charge in [0.25, 0.3) is 0 Å². The van der Waals surface area contributed by atoms with Crippen molar-refractivity contribution in [1.29, 1.82) is 0 Å². The summed E-state index contributed by atoms with van der Waals surface area (Å²) < 4.78 is 11.5. The number of rotatable bonds is 7. The standard InChI is InChI=1S/C17H34N4O2/c1-4-18-17(19-10-15-6-5-8-22-15)20-11-16-13-21(7-9-23-16)12-14(2)3/h14-16H,4-13H2,1-3H3,(H2,18,19,20). The van der Waals surface area contributed by atoms with E-state index in [4.69, 9.17) is 14.5 Å². The molecule has 2 N–H and O–H groups in total. The molecule has 0 radical (unpaired) electrons. The zero-order valence-corrected chi connectivity index (χ0v) is 15.0. The van der Waals surface area contributed by atoms with Crippen LogP contribution in [0.5, 0.6) is 0 Å². The van der Waals surface area contributed by atoms with E-state index in [1.54, 1.807) is 0 Å². The molecule has 6 nitrogen and oxygen atoms in total. The molecule has 2 aliphatic heterocycles. The lowest BCUT2D eigenvalue weighted by molar-refractivity contribution is -0.0262. The van der Waals surface area contributed by atoms with Crippen molar-refractivity contribution in [2.75, 3.05) is 52.5 Å². The molecule has 0 spiro atoms. The van der Waals surface area contributed by atoms with Gasteiger partial charge in [-0.3, -0.25) is 9.89 Å². The van der Waals surface area contributed by atoms with E-state index in [1.165, 1.54) is 6.42 Å². The van der Waals surface area contributed by atoms with Crippen molar-refractivity contribution < 1.29 is 9.47 Å². The van der Waals surface area contributed by atoms with Crippen LogP contribution in [0.25, 0.3) is 0 Å². The molecular weight excluding hydrogens is 292 g/mol. The quantitative estimate of drug-likeness (QED) is 0.541. The molecule has 0 aromatic heterocycles. The van der Waals surface area contributed by atoms with Gasteiger partial charge in [0, 0.05) is 39.3 Å². The molecule has 23 heavy (non-hydrogen) atoms. The number of hydrogen-bond donors (Lipinski definition) is 2. The van der Waals surface area contributed by atoms with Gasteiger partial charge in [0.05, 0.1) is 25.4 Å². The Balaban J connectivity index is 1.76. The van der Waals surface area contributed by atoms with Crippen LogP contribution < -0.4 is 10.6 Å². The second kappa shape index (κ2) is 10.1. The third kappa shape index (κ3) is 7.06. The normalized spacial score (nSPS) is 26.7. The highest BCUT2D eigenvalue weighted by atomic mass is 16.5. The van der Waals surface area contributed by atoms with Crippen LogP contribution in [0.3, 0.4) is 0 Å². The molecule has 0 aliphatic carbocycles. The lowest BCUT2D eigenvalue weighted by Gasteiger charge is -2.33. The highest BCUT2D eigenvalue weighted by Gasteiger charge is 2.21. The van der Waals surface area contributed by atoms with E-state index in [0.29, 0.717) is 18.6 Å². The average molecular weight is 326 g/mol. The van der Waals surface area contributed by atoms with E-state index >= 15 is 0 Å². The zero-order valence-electron chi connectivity index (χ0n) is 15.0. The first kappa shape index (κ1) is 18.5. The molecule has 2 atom stereocenters. The Kier molecular flexibility index (Phi) is 8.12. The van der Waals surface area contributed by atoms with E-state index in [-0.39, 0.29) is 6.10 Å². The maximum absolute atomic E-state index is 5.87. The van der Waals surface area contributed by atoms with Gasteiger partial charge < -0.3 is 20.1 Å². The lowest BCUT2D eigenvalue weighted by atomic mass is 10.2. The number of nitrogens with one attached hydrogen (secondary N) is 2. The third-order valence-corrected chi connectivity index (χ3v) is 4.16. The fraction of sp³-hybridized carbons (Fsp3) is 0.941. The predicted molar refractivity (Wildman–Crippen MR) is 94.0 cm³/mol. The van der Waals surface area contributed by atoms with Gasteiger partial charge in [0.1, 0.15) is 0 Å². The third-order valence-electron chi connectivity index (χ3n) is 4.16. The SMILES string of the molecule is CCNC(=NCC1CN(CC(C)C)CCO1)NCC1CCCO1. The molecule has 0 bridgehead atoms. The summed E-state index contributed by atoms with van der Waals surface area (Å²) in [7, 11) is 0. The van der Waals surface area contributed by atoms with Gasteiger partial charge >= 0.3 is 0 Å². The fourth-order valence-electron chi connectivity index (χ4n) is 3.12. The maximum Gasteiger partial charge on any atom is 0.191 e. The molecule has 2 fully saturated rings. The summed E-state index contributed by atoms with van der Waals surface area (Å²) in [6, 6.07) is 0. The highest BCUT2D eigenvalue weighted by Crippen LogP contribution is 2.11. The van der Waals surface area contributed by atoms with E-state index in [9.17, 15) is 0 Å². The Morgan fingerprint density at radius 1 is 1.22 bits per heavy atom. The van der Waals surface area contributed by atoms with Crippen LogP contribution in [-0.2, 0) is 9.47 Å². The molecule has 0 aromatic carbocycles. The molecule has 2 rings (SSSR count). The first-order valence-corrected chi connectivity index (χ1v) is 9.15. The van der Waals surface area contributed by atoms with Crippen LogP contribution in [0.15, 0.2) is 4.99 Å². The second-order valence-electron chi connectivity index (χ2n) is 6.88. The number of ether oxygens (including phenoxy) is 2. The number of nitrogens with zero attached hydrogens (tertiary/aromatic N) is 2. The van der Waals surface area contributed by atoms with Gasteiger partial charge in [0.2, 0.25) is 0 Å². The Labute approximate surface area is 141 Å². The Morgan fingerprint density at radius 3 is 2.74 bits per heavy atom. The summed E-state index contributed by atoms with van der Waals surface area (Å²) in [4.78, 5) is 7.19. The van der Waals surface area contributed by atoms with Gasteiger partial charge in [-0.25, -0.2) is 0 Å². The topological polar surface area (TPSA) is 58.1 Å². The van der Waals surface area contributed by atoms with Gasteiger partial charge in [0.15, 0.2) is 5.96 Å². The Bertz CT molecular complexity index is 357. The first-order valence-electron chi connectivity index (χ1n) is 9.15. The Morgan fingerprint density at radius 2 is 2.04 bits per heavy atom. The minimum absolute atomic E-state index is 0.195. The number of aliphatic imine (C=N–C) groups is 1. The van der Waals surface area contributed by atoms with E-state index in [2.05, 4.69) is 36.3 Å². The second-order valence-corrected chi connectivity index (χ2v) is 6.88. The van der Waals surface area contributed by atoms with Crippen molar-refractivity contribution in [3.8, 4) is 0 Å². The Hall–Kier alpha value is -0.850. The van der Waals surface area contributed by atoms with Gasteiger partial charge in [-0.15, -0.1) is 0 Å². The summed E-state index contributed by atoms with van der Waals surface area (Å²) in [5.41, 5.74) is 0. The molecule has 0 amide bonds. The van der Waals surface area contributed by atoms with Crippen molar-refractivity contribution in [2.24, 2.45) is 10.9 Å². The predicted octanol–water partition coefficient (Wildman–Crippen LogP) is 1.08. The molecule has 2 aliphatic rings. The fourth-order valence-corrected chi connectivity index (χ4v) is 3.12. The largest absolute Gasteiger partial charge is 0.376 e. The molecule has 2 heterocycles. The minimum Gasteiger partial charge on any atom is -0.376 e. The minimum atomic E-state index is 0.195. The smallest absolute Gasteiger partial charge is 0.191 e. The van der Waals surface area contributed by atoms with Crippen LogP contribution in [0.4, 0.5) is 0 Å². The van der Waals surface area contributed by atoms with Crippen molar-refractivity contribution >= 4 is 5.96 Å². The van der Waals surface area contributed by atoms with E-state index in [1.807, 2.05) is 0 Å². The summed E-state index contributed by atoms with van der Waals surface area (Å²) >= 11 is 0. The van der Waals surface area contributed by atoms with Gasteiger partial charge in [-0.05, 0) is 25.7 Å². The maximum atomic E-state index is 5.87. The van der Waals surface area contributed by atoms with Crippen LogP contribution in [0.2, 0.25) is 0 Å². The highest BCUT2D eigenvalue weighted by molar-refractivity contribution is 5.79. The van der Waals surface area contributed by atoms with Crippen molar-refractivity contribution in [3.63, 3.8) is 0 Å².